The molecule has 3 rings (SSSR count). The van der Waals surface area contributed by atoms with E-state index in [1.165, 1.54) is 24.8 Å². The zero-order chi connectivity index (χ0) is 21.5. The van der Waals surface area contributed by atoms with Gasteiger partial charge in [-0.3, -0.25) is 4.90 Å². The number of piperidine rings is 1. The Bertz CT molecular complexity index is 847. The van der Waals surface area contributed by atoms with E-state index in [0.717, 1.165) is 25.6 Å². The largest absolute Gasteiger partial charge is 0.465 e. The first kappa shape index (κ1) is 22.4. The molecular formula is C22H32N4O3S. The van der Waals surface area contributed by atoms with Crippen LogP contribution in [-0.4, -0.2) is 50.6 Å². The van der Waals surface area contributed by atoms with Gasteiger partial charge in [0.05, 0.1) is 7.11 Å². The lowest BCUT2D eigenvalue weighted by atomic mass is 9.88. The summed E-state index contributed by atoms with van der Waals surface area (Å²) in [5.74, 6) is 2.07. The van der Waals surface area contributed by atoms with E-state index < -0.39 is 5.97 Å². The zero-order valence-electron chi connectivity index (χ0n) is 18.2. The second-order valence-electron chi connectivity index (χ2n) is 7.59. The van der Waals surface area contributed by atoms with Crippen LogP contribution in [0.4, 0.5) is 0 Å². The number of nitrogens with one attached hydrogen (secondary N) is 2. The molecule has 8 heteroatoms. The molecule has 0 aromatic carbocycles. The van der Waals surface area contributed by atoms with Crippen molar-refractivity contribution in [1.29, 1.82) is 0 Å². The number of nitrogens with zero attached hydrogens (tertiary/aromatic N) is 2. The number of carbonyl (C=O) groups excluding carboxylic acids is 1. The van der Waals surface area contributed by atoms with Crippen molar-refractivity contribution in [2.75, 3.05) is 33.8 Å². The predicted octanol–water partition coefficient (Wildman–Crippen LogP) is 3.57. The highest BCUT2D eigenvalue weighted by Gasteiger charge is 2.31. The third-order valence-electron chi connectivity index (χ3n) is 5.48. The van der Waals surface area contributed by atoms with E-state index in [0.29, 0.717) is 35.6 Å². The van der Waals surface area contributed by atoms with E-state index >= 15 is 0 Å². The highest BCUT2D eigenvalue weighted by molar-refractivity contribution is 7.10. The molecule has 1 aliphatic heterocycles. The van der Waals surface area contributed by atoms with Crippen LogP contribution in [0.2, 0.25) is 0 Å². The summed E-state index contributed by atoms with van der Waals surface area (Å²) in [5, 5.41) is 8.97. The first-order valence-corrected chi connectivity index (χ1v) is 11.3. The number of hydrogen-bond donors (Lipinski definition) is 2. The maximum atomic E-state index is 11.8. The summed E-state index contributed by atoms with van der Waals surface area (Å²) in [7, 11) is 3.58. The van der Waals surface area contributed by atoms with Gasteiger partial charge in [-0.05, 0) is 63.7 Å². The average molecular weight is 433 g/mol. The minimum atomic E-state index is -0.391. The van der Waals surface area contributed by atoms with Gasteiger partial charge in [0.1, 0.15) is 23.6 Å². The van der Waals surface area contributed by atoms with Gasteiger partial charge in [-0.25, -0.2) is 9.79 Å². The molecule has 3 heterocycles. The first-order valence-electron chi connectivity index (χ1n) is 10.5. The standard InChI is InChI=1S/C22H32N4O3S/c1-5-23-22(25-14-17-12-18(15(2)29-17)21(27)28-4)24-13-16-8-6-10-26(3)20(16)19-9-7-11-30-19/h7,9,11-12,16,20H,5-6,8,10,13-14H2,1-4H3,(H2,23,24,25). The van der Waals surface area contributed by atoms with Crippen LogP contribution in [0.5, 0.6) is 0 Å². The third kappa shape index (κ3) is 5.43. The van der Waals surface area contributed by atoms with Gasteiger partial charge in [-0.15, -0.1) is 11.3 Å². The van der Waals surface area contributed by atoms with Crippen LogP contribution >= 0.6 is 11.3 Å². The fraction of sp³-hybridized carbons (Fsp3) is 0.545. The molecule has 0 spiro atoms. The number of hydrogen-bond acceptors (Lipinski definition) is 6. The van der Waals surface area contributed by atoms with E-state index in [2.05, 4.69) is 45.1 Å². The minimum absolute atomic E-state index is 0.353. The summed E-state index contributed by atoms with van der Waals surface area (Å²) < 4.78 is 10.5. The van der Waals surface area contributed by atoms with Crippen LogP contribution in [0.3, 0.4) is 0 Å². The fourth-order valence-corrected chi connectivity index (χ4v) is 5.03. The number of rotatable bonds is 7. The third-order valence-corrected chi connectivity index (χ3v) is 6.43. The van der Waals surface area contributed by atoms with E-state index in [1.807, 2.05) is 18.3 Å². The molecule has 0 saturated carbocycles. The number of carbonyl (C=O) groups is 1. The zero-order valence-corrected chi connectivity index (χ0v) is 19.1. The Morgan fingerprint density at radius 1 is 1.43 bits per heavy atom. The molecule has 0 aliphatic carbocycles. The number of thiophene rings is 1. The molecule has 0 bridgehead atoms. The number of aliphatic imine (C=N–C) groups is 1. The SMILES string of the molecule is CCNC(=NCc1cc(C(=O)OC)c(C)o1)NCC1CCCN(C)C1c1cccs1. The van der Waals surface area contributed by atoms with E-state index in [1.54, 1.807) is 13.0 Å². The molecular weight excluding hydrogens is 400 g/mol. The van der Waals surface area contributed by atoms with Crippen molar-refractivity contribution < 1.29 is 13.9 Å². The van der Waals surface area contributed by atoms with Crippen molar-refractivity contribution in [2.24, 2.45) is 10.9 Å². The van der Waals surface area contributed by atoms with Gasteiger partial charge in [0.25, 0.3) is 0 Å². The lowest BCUT2D eigenvalue weighted by Gasteiger charge is -2.39. The molecule has 0 amide bonds. The quantitative estimate of drug-likeness (QED) is 0.396. The van der Waals surface area contributed by atoms with Gasteiger partial charge >= 0.3 is 5.97 Å². The van der Waals surface area contributed by atoms with Crippen LogP contribution in [0.1, 0.15) is 52.6 Å². The number of aryl methyl sites for hydroxylation is 1. The van der Waals surface area contributed by atoms with Gasteiger partial charge in [0, 0.05) is 24.0 Å². The molecule has 164 valence electrons. The van der Waals surface area contributed by atoms with Gasteiger partial charge in [-0.2, -0.15) is 0 Å². The number of methoxy groups -OCH3 is 1. The Morgan fingerprint density at radius 2 is 2.27 bits per heavy atom. The van der Waals surface area contributed by atoms with Crippen LogP contribution in [0.25, 0.3) is 0 Å². The van der Waals surface area contributed by atoms with E-state index in [4.69, 9.17) is 9.15 Å². The number of guanidine groups is 1. The number of likely N-dealkylation sites (tertiary alicyclic amines) is 1. The highest BCUT2D eigenvalue weighted by atomic mass is 32.1. The van der Waals surface area contributed by atoms with Crippen molar-refractivity contribution in [3.63, 3.8) is 0 Å². The fourth-order valence-electron chi connectivity index (χ4n) is 4.04. The molecule has 1 saturated heterocycles. The van der Waals surface area contributed by atoms with Crippen molar-refractivity contribution in [1.82, 2.24) is 15.5 Å². The molecule has 7 nitrogen and oxygen atoms in total. The predicted molar refractivity (Wildman–Crippen MR) is 120 cm³/mol. The Hall–Kier alpha value is -2.32. The van der Waals surface area contributed by atoms with Gasteiger partial charge in [0.2, 0.25) is 0 Å². The summed E-state index contributed by atoms with van der Waals surface area (Å²) >= 11 is 1.83. The van der Waals surface area contributed by atoms with E-state index in [-0.39, 0.29) is 0 Å². The van der Waals surface area contributed by atoms with Crippen molar-refractivity contribution in [3.05, 3.63) is 45.5 Å². The van der Waals surface area contributed by atoms with Crippen LogP contribution in [0.15, 0.2) is 33.0 Å². The van der Waals surface area contributed by atoms with E-state index in [9.17, 15) is 4.79 Å². The maximum Gasteiger partial charge on any atom is 0.341 e. The molecule has 30 heavy (non-hydrogen) atoms. The maximum absolute atomic E-state index is 11.8. The van der Waals surface area contributed by atoms with Crippen LogP contribution < -0.4 is 10.6 Å². The smallest absolute Gasteiger partial charge is 0.341 e. The second kappa shape index (κ2) is 10.6. The van der Waals surface area contributed by atoms with Gasteiger partial charge in [-0.1, -0.05) is 6.07 Å². The Labute approximate surface area is 182 Å². The number of esters is 1. The van der Waals surface area contributed by atoms with Crippen molar-refractivity contribution >= 4 is 23.3 Å². The Kier molecular flexibility index (Phi) is 7.93. The molecule has 0 radical (unpaired) electrons. The summed E-state index contributed by atoms with van der Waals surface area (Å²) in [6.07, 6.45) is 2.40. The Morgan fingerprint density at radius 3 is 2.97 bits per heavy atom. The van der Waals surface area contributed by atoms with Gasteiger partial charge < -0.3 is 19.8 Å². The number of furan rings is 1. The normalized spacial score (nSPS) is 20.2. The lowest BCUT2D eigenvalue weighted by molar-refractivity contribution is 0.0599. The summed E-state index contributed by atoms with van der Waals surface area (Å²) in [5.41, 5.74) is 0.449. The van der Waals surface area contributed by atoms with Gasteiger partial charge in [0.15, 0.2) is 5.96 Å². The summed E-state index contributed by atoms with van der Waals surface area (Å²) in [6, 6.07) is 6.51. The monoisotopic (exact) mass is 432 g/mol. The van der Waals surface area contributed by atoms with Crippen LogP contribution in [0, 0.1) is 12.8 Å². The van der Waals surface area contributed by atoms with Crippen LogP contribution in [-0.2, 0) is 11.3 Å². The molecule has 2 atom stereocenters. The first-order chi connectivity index (χ1) is 14.5. The molecule has 2 N–H and O–H groups in total. The Balaban J connectivity index is 1.65. The van der Waals surface area contributed by atoms with Crippen molar-refractivity contribution in [2.45, 2.75) is 39.3 Å². The summed E-state index contributed by atoms with van der Waals surface area (Å²) in [4.78, 5) is 20.3. The molecule has 1 aliphatic rings. The average Bonchev–Trinajstić information content (AvgIpc) is 3.39. The molecule has 2 aromatic rings. The lowest BCUT2D eigenvalue weighted by Crippen LogP contribution is -2.44. The highest BCUT2D eigenvalue weighted by Crippen LogP contribution is 2.36. The number of ether oxygens (including phenoxy) is 1. The second-order valence-corrected chi connectivity index (χ2v) is 8.57. The topological polar surface area (TPSA) is 79.1 Å². The molecule has 1 fully saturated rings. The molecule has 2 aromatic heterocycles. The summed E-state index contributed by atoms with van der Waals surface area (Å²) in [6.45, 7) is 6.91. The molecule has 2 unspecified atom stereocenters. The van der Waals surface area contributed by atoms with Crippen molar-refractivity contribution in [3.8, 4) is 0 Å². The minimum Gasteiger partial charge on any atom is -0.465 e.